The Balaban J connectivity index is 2.39. The molecule has 60 valence electrons. The molecule has 0 saturated carbocycles. The van der Waals surface area contributed by atoms with Crippen LogP contribution < -0.4 is 4.72 Å². The van der Waals surface area contributed by atoms with Gasteiger partial charge in [-0.2, -0.15) is 8.78 Å². The molecule has 0 bridgehead atoms. The smallest absolute Gasteiger partial charge is 0.302 e. The van der Waals surface area contributed by atoms with Gasteiger partial charge in [0, 0.05) is 17.6 Å². The summed E-state index contributed by atoms with van der Waals surface area (Å²) in [7, 11) is 0. The van der Waals surface area contributed by atoms with Crippen molar-refractivity contribution in [2.75, 3.05) is 4.72 Å². The second-order valence-electron chi connectivity index (χ2n) is 1.85. The number of para-hydroxylation sites is 1. The van der Waals surface area contributed by atoms with Gasteiger partial charge in [-0.1, -0.05) is 18.2 Å². The number of anilines is 1. The van der Waals surface area contributed by atoms with Crippen LogP contribution in [0, 0.1) is 0 Å². The van der Waals surface area contributed by atoms with Gasteiger partial charge in [0.1, 0.15) is 0 Å². The summed E-state index contributed by atoms with van der Waals surface area (Å²) in [6.07, 6.45) is 0. The maximum absolute atomic E-state index is 11.6. The highest BCUT2D eigenvalue weighted by atomic mass is 32.2. The number of alkyl halides is 2. The van der Waals surface area contributed by atoms with Crippen LogP contribution in [0.1, 0.15) is 0 Å². The lowest BCUT2D eigenvalue weighted by Crippen LogP contribution is -1.90. The summed E-state index contributed by atoms with van der Waals surface area (Å²) < 4.78 is 25.8. The van der Waals surface area contributed by atoms with Crippen LogP contribution in [-0.4, -0.2) is 5.76 Å². The zero-order valence-electron chi connectivity index (χ0n) is 5.63. The van der Waals surface area contributed by atoms with Crippen LogP contribution in [0.15, 0.2) is 30.3 Å². The van der Waals surface area contributed by atoms with Crippen LogP contribution in [0.25, 0.3) is 0 Å². The normalized spacial score (nSPS) is 10.1. The van der Waals surface area contributed by atoms with Crippen LogP contribution in [0.4, 0.5) is 14.5 Å². The van der Waals surface area contributed by atoms with Crippen molar-refractivity contribution in [1.29, 1.82) is 0 Å². The van der Waals surface area contributed by atoms with Gasteiger partial charge in [-0.05, 0) is 12.1 Å². The molecule has 0 amide bonds. The zero-order chi connectivity index (χ0) is 8.10. The molecule has 1 nitrogen and oxygen atoms in total. The first-order valence-electron chi connectivity index (χ1n) is 3.04. The average Bonchev–Trinajstić information content (AvgIpc) is 2.03. The van der Waals surface area contributed by atoms with E-state index in [4.69, 9.17) is 0 Å². The largest absolute Gasteiger partial charge is 0.325 e. The topological polar surface area (TPSA) is 12.0 Å². The van der Waals surface area contributed by atoms with Gasteiger partial charge in [0.15, 0.2) is 0 Å². The van der Waals surface area contributed by atoms with E-state index in [1.54, 1.807) is 24.3 Å². The van der Waals surface area contributed by atoms with Gasteiger partial charge in [-0.25, -0.2) is 0 Å². The first-order chi connectivity index (χ1) is 5.29. The molecule has 0 unspecified atom stereocenters. The fraction of sp³-hybridized carbons (Fsp3) is 0.143. The van der Waals surface area contributed by atoms with E-state index in [2.05, 4.69) is 4.72 Å². The van der Waals surface area contributed by atoms with E-state index in [9.17, 15) is 8.78 Å². The van der Waals surface area contributed by atoms with E-state index >= 15 is 0 Å². The first-order valence-corrected chi connectivity index (χ1v) is 3.92. The minimum atomic E-state index is -2.38. The molecular formula is C7H7F2NS. The summed E-state index contributed by atoms with van der Waals surface area (Å²) in [6, 6.07) is 8.87. The second kappa shape index (κ2) is 4.18. The molecule has 1 aromatic carbocycles. The molecule has 0 aliphatic carbocycles. The summed E-state index contributed by atoms with van der Waals surface area (Å²) in [5, 5.41) is 0. The molecule has 0 aliphatic heterocycles. The van der Waals surface area contributed by atoms with Crippen LogP contribution in [0.5, 0.6) is 0 Å². The van der Waals surface area contributed by atoms with Gasteiger partial charge >= 0.3 is 5.76 Å². The van der Waals surface area contributed by atoms with E-state index in [0.29, 0.717) is 17.6 Å². The summed E-state index contributed by atoms with van der Waals surface area (Å²) in [5.74, 6) is -2.38. The Morgan fingerprint density at radius 3 is 2.36 bits per heavy atom. The molecule has 0 spiro atoms. The molecule has 1 rings (SSSR count). The monoisotopic (exact) mass is 175 g/mol. The number of nitrogens with one attached hydrogen (secondary N) is 1. The molecule has 0 saturated heterocycles. The standard InChI is InChI=1S/C7H7F2NS/c8-7(9)11-10-6-4-2-1-3-5-6/h1-5,7,10H. The number of hydrogen-bond acceptors (Lipinski definition) is 2. The van der Waals surface area contributed by atoms with Gasteiger partial charge in [0.25, 0.3) is 0 Å². The van der Waals surface area contributed by atoms with E-state index in [0.717, 1.165) is 0 Å². The molecule has 11 heavy (non-hydrogen) atoms. The third kappa shape index (κ3) is 3.23. The second-order valence-corrected chi connectivity index (χ2v) is 2.64. The molecule has 0 atom stereocenters. The number of hydrogen-bond donors (Lipinski definition) is 1. The maximum atomic E-state index is 11.6. The van der Waals surface area contributed by atoms with Crippen molar-refractivity contribution in [3.63, 3.8) is 0 Å². The third-order valence-electron chi connectivity index (χ3n) is 1.04. The Hall–Kier alpha value is -0.770. The van der Waals surface area contributed by atoms with Crippen molar-refractivity contribution in [2.45, 2.75) is 5.76 Å². The average molecular weight is 175 g/mol. The van der Waals surface area contributed by atoms with Gasteiger partial charge in [0.05, 0.1) is 0 Å². The van der Waals surface area contributed by atoms with Crippen LogP contribution in [-0.2, 0) is 0 Å². The Bertz CT molecular complexity index is 203. The first kappa shape index (κ1) is 8.33. The van der Waals surface area contributed by atoms with Gasteiger partial charge in [-0.15, -0.1) is 0 Å². The summed E-state index contributed by atoms with van der Waals surface area (Å²) in [6.45, 7) is 0. The van der Waals surface area contributed by atoms with Crippen molar-refractivity contribution < 1.29 is 8.78 Å². The highest BCUT2D eigenvalue weighted by Crippen LogP contribution is 2.17. The van der Waals surface area contributed by atoms with Crippen LogP contribution >= 0.6 is 11.9 Å². The van der Waals surface area contributed by atoms with E-state index < -0.39 is 5.76 Å². The van der Waals surface area contributed by atoms with Crippen LogP contribution in [0.3, 0.4) is 0 Å². The van der Waals surface area contributed by atoms with Gasteiger partial charge in [-0.3, -0.25) is 0 Å². The van der Waals surface area contributed by atoms with Crippen molar-refractivity contribution in [3.05, 3.63) is 30.3 Å². The quantitative estimate of drug-likeness (QED) is 0.709. The lowest BCUT2D eigenvalue weighted by Gasteiger charge is -2.02. The SMILES string of the molecule is FC(F)SNc1ccccc1. The van der Waals surface area contributed by atoms with E-state index in [1.165, 1.54) is 0 Å². The Kier molecular flexibility index (Phi) is 3.16. The van der Waals surface area contributed by atoms with Gasteiger partial charge in [0.2, 0.25) is 0 Å². The Labute approximate surface area is 67.9 Å². The summed E-state index contributed by atoms with van der Waals surface area (Å²) in [5.41, 5.74) is 0.692. The fourth-order valence-electron chi connectivity index (χ4n) is 0.619. The number of rotatable bonds is 3. The van der Waals surface area contributed by atoms with Crippen molar-refractivity contribution in [2.24, 2.45) is 0 Å². The maximum Gasteiger partial charge on any atom is 0.302 e. The third-order valence-corrected chi connectivity index (χ3v) is 1.57. The highest BCUT2D eigenvalue weighted by molar-refractivity contribution is 8.00. The zero-order valence-corrected chi connectivity index (χ0v) is 6.44. The van der Waals surface area contributed by atoms with E-state index in [1.807, 2.05) is 6.07 Å². The molecule has 1 N–H and O–H groups in total. The molecule has 4 heteroatoms. The van der Waals surface area contributed by atoms with E-state index in [-0.39, 0.29) is 0 Å². The lowest BCUT2D eigenvalue weighted by molar-refractivity contribution is 0.252. The van der Waals surface area contributed by atoms with Gasteiger partial charge < -0.3 is 4.72 Å². The summed E-state index contributed by atoms with van der Waals surface area (Å²) >= 11 is 0.401. The molecule has 0 heterocycles. The Morgan fingerprint density at radius 2 is 1.82 bits per heavy atom. The van der Waals surface area contributed by atoms with Crippen molar-refractivity contribution in [3.8, 4) is 0 Å². The van der Waals surface area contributed by atoms with Crippen molar-refractivity contribution in [1.82, 2.24) is 0 Å². The minimum Gasteiger partial charge on any atom is -0.325 e. The van der Waals surface area contributed by atoms with Crippen LogP contribution in [0.2, 0.25) is 0 Å². The predicted molar refractivity (Wildman–Crippen MR) is 43.7 cm³/mol. The predicted octanol–water partition coefficient (Wildman–Crippen LogP) is 2.97. The highest BCUT2D eigenvalue weighted by Gasteiger charge is 2.00. The molecule has 1 aromatic rings. The fourth-order valence-corrected chi connectivity index (χ4v) is 0.980. The lowest BCUT2D eigenvalue weighted by atomic mass is 10.3. The Morgan fingerprint density at radius 1 is 1.18 bits per heavy atom. The number of halogens is 2. The molecule has 0 aromatic heterocycles. The molecular weight excluding hydrogens is 168 g/mol. The minimum absolute atomic E-state index is 0.401. The molecule has 0 radical (unpaired) electrons. The van der Waals surface area contributed by atoms with Crippen molar-refractivity contribution >= 4 is 17.6 Å². The summed E-state index contributed by atoms with van der Waals surface area (Å²) in [4.78, 5) is 0. The molecule has 0 fully saturated rings. The molecule has 0 aliphatic rings. The number of benzene rings is 1.